The van der Waals surface area contributed by atoms with E-state index in [4.69, 9.17) is 4.52 Å². The molecule has 7 nitrogen and oxygen atoms in total. The summed E-state index contributed by atoms with van der Waals surface area (Å²) in [6.07, 6.45) is 0. The van der Waals surface area contributed by atoms with Crippen LogP contribution in [0, 0.1) is 20.8 Å². The van der Waals surface area contributed by atoms with Crippen molar-refractivity contribution in [3.8, 4) is 0 Å². The Morgan fingerprint density at radius 1 is 1.11 bits per heavy atom. The number of aryl methyl sites for hydroxylation is 3. The summed E-state index contributed by atoms with van der Waals surface area (Å²) < 4.78 is 7.23. The molecule has 1 saturated heterocycles. The monoisotopic (exact) mass is 365 g/mol. The summed E-state index contributed by atoms with van der Waals surface area (Å²) in [5.74, 6) is 1.32. The fourth-order valence-electron chi connectivity index (χ4n) is 3.96. The highest BCUT2D eigenvalue weighted by atomic mass is 16.5. The third kappa shape index (κ3) is 3.03. The van der Waals surface area contributed by atoms with Crippen molar-refractivity contribution in [3.63, 3.8) is 0 Å². The van der Waals surface area contributed by atoms with E-state index in [1.54, 1.807) is 4.68 Å². The third-order valence-corrected chi connectivity index (χ3v) is 5.42. The van der Waals surface area contributed by atoms with Crippen LogP contribution in [0.5, 0.6) is 0 Å². The van der Waals surface area contributed by atoms with Crippen molar-refractivity contribution in [2.45, 2.75) is 32.6 Å². The Morgan fingerprint density at radius 3 is 2.41 bits per heavy atom. The topological polar surface area (TPSA) is 77.0 Å². The number of likely N-dealkylation sites (tertiary alicyclic amines) is 1. The predicted molar refractivity (Wildman–Crippen MR) is 99.5 cm³/mol. The Labute approximate surface area is 158 Å². The van der Waals surface area contributed by atoms with Crippen LogP contribution in [0.4, 0.5) is 0 Å². The summed E-state index contributed by atoms with van der Waals surface area (Å²) in [5.41, 5.74) is 3.50. The molecule has 4 rings (SSSR count). The minimum Gasteiger partial charge on any atom is -0.339 e. The van der Waals surface area contributed by atoms with Gasteiger partial charge in [0.25, 0.3) is 5.91 Å². The molecule has 2 atom stereocenters. The minimum absolute atomic E-state index is 0.0118. The summed E-state index contributed by atoms with van der Waals surface area (Å²) in [7, 11) is 1.86. The van der Waals surface area contributed by atoms with Crippen LogP contribution in [0.1, 0.15) is 50.9 Å². The number of carbonyl (C=O) groups excluding carboxylic acids is 1. The first-order valence-electron chi connectivity index (χ1n) is 9.10. The first-order chi connectivity index (χ1) is 13.0. The maximum absolute atomic E-state index is 13.3. The molecule has 1 aliphatic heterocycles. The number of rotatable bonds is 3. The lowest BCUT2D eigenvalue weighted by Gasteiger charge is -2.17. The van der Waals surface area contributed by atoms with Gasteiger partial charge in [0.05, 0.1) is 17.2 Å². The first-order valence-corrected chi connectivity index (χ1v) is 9.10. The largest absolute Gasteiger partial charge is 0.339 e. The van der Waals surface area contributed by atoms with Crippen molar-refractivity contribution in [1.29, 1.82) is 0 Å². The highest BCUT2D eigenvalue weighted by Crippen LogP contribution is 2.39. The van der Waals surface area contributed by atoms with E-state index in [0.717, 1.165) is 11.4 Å². The standard InChI is InChI=1S/C20H23N5O2/c1-12-18(13(2)24(4)22-12)20(26)25-10-16(15-8-6-5-7-9-15)17(11-25)19-21-14(3)23-27-19/h5-9,16-17H,10-11H2,1-4H3/t16-,17+/m0/s1. The Bertz CT molecular complexity index is 976. The molecule has 7 heteroatoms. The summed E-state index contributed by atoms with van der Waals surface area (Å²) >= 11 is 0. The van der Waals surface area contributed by atoms with Crippen LogP contribution in [0.15, 0.2) is 34.9 Å². The molecule has 0 aliphatic carbocycles. The van der Waals surface area contributed by atoms with Crippen LogP contribution >= 0.6 is 0 Å². The van der Waals surface area contributed by atoms with Crippen LogP contribution in [0.2, 0.25) is 0 Å². The molecule has 2 aromatic heterocycles. The van der Waals surface area contributed by atoms with E-state index in [1.165, 1.54) is 5.56 Å². The maximum Gasteiger partial charge on any atom is 0.257 e. The van der Waals surface area contributed by atoms with Crippen molar-refractivity contribution >= 4 is 5.91 Å². The molecule has 0 radical (unpaired) electrons. The van der Waals surface area contributed by atoms with Crippen molar-refractivity contribution in [2.24, 2.45) is 7.05 Å². The Kier molecular flexibility index (Phi) is 4.30. The number of hydrogen-bond acceptors (Lipinski definition) is 5. The van der Waals surface area contributed by atoms with E-state index < -0.39 is 0 Å². The molecule has 3 aromatic rings. The molecule has 1 fully saturated rings. The number of amides is 1. The van der Waals surface area contributed by atoms with E-state index in [1.807, 2.05) is 50.9 Å². The molecule has 0 spiro atoms. The van der Waals surface area contributed by atoms with Crippen LogP contribution in [-0.4, -0.2) is 43.8 Å². The van der Waals surface area contributed by atoms with Crippen LogP contribution in [0.25, 0.3) is 0 Å². The highest BCUT2D eigenvalue weighted by Gasteiger charge is 2.41. The molecule has 140 valence electrons. The number of nitrogens with zero attached hydrogens (tertiary/aromatic N) is 5. The normalized spacial score (nSPS) is 19.6. The summed E-state index contributed by atoms with van der Waals surface area (Å²) in [6, 6.07) is 10.2. The molecule has 3 heterocycles. The second-order valence-corrected chi connectivity index (χ2v) is 7.18. The van der Waals surface area contributed by atoms with Gasteiger partial charge in [-0.25, -0.2) is 0 Å². The van der Waals surface area contributed by atoms with Gasteiger partial charge in [-0.2, -0.15) is 10.1 Å². The number of hydrogen-bond donors (Lipinski definition) is 0. The second-order valence-electron chi connectivity index (χ2n) is 7.18. The van der Waals surface area contributed by atoms with E-state index in [0.29, 0.717) is 30.4 Å². The molecule has 1 aliphatic rings. The van der Waals surface area contributed by atoms with Gasteiger partial charge >= 0.3 is 0 Å². The third-order valence-electron chi connectivity index (χ3n) is 5.42. The molecule has 0 N–H and O–H groups in total. The molecule has 1 amide bonds. The van der Waals surface area contributed by atoms with E-state index in [9.17, 15) is 4.79 Å². The quantitative estimate of drug-likeness (QED) is 0.713. The van der Waals surface area contributed by atoms with Gasteiger partial charge in [0.2, 0.25) is 5.89 Å². The Hall–Kier alpha value is -2.96. The zero-order valence-electron chi connectivity index (χ0n) is 16.0. The van der Waals surface area contributed by atoms with Crippen molar-refractivity contribution < 1.29 is 9.32 Å². The van der Waals surface area contributed by atoms with Gasteiger partial charge in [0.15, 0.2) is 5.82 Å². The Morgan fingerprint density at radius 2 is 1.81 bits per heavy atom. The molecule has 0 saturated carbocycles. The fourth-order valence-corrected chi connectivity index (χ4v) is 3.96. The summed E-state index contributed by atoms with van der Waals surface area (Å²) in [4.78, 5) is 19.6. The van der Waals surface area contributed by atoms with Gasteiger partial charge < -0.3 is 9.42 Å². The number of benzene rings is 1. The predicted octanol–water partition coefficient (Wildman–Crippen LogP) is 2.75. The lowest BCUT2D eigenvalue weighted by atomic mass is 9.89. The zero-order chi connectivity index (χ0) is 19.1. The molecule has 0 bridgehead atoms. The smallest absolute Gasteiger partial charge is 0.257 e. The molecular weight excluding hydrogens is 342 g/mol. The summed E-state index contributed by atoms with van der Waals surface area (Å²) in [5, 5.41) is 8.34. The van der Waals surface area contributed by atoms with E-state index in [2.05, 4.69) is 27.4 Å². The number of aromatic nitrogens is 4. The number of carbonyl (C=O) groups is 1. The molecule has 0 unspecified atom stereocenters. The average Bonchev–Trinajstić information content (AvgIpc) is 3.34. The van der Waals surface area contributed by atoms with Crippen molar-refractivity contribution in [1.82, 2.24) is 24.8 Å². The van der Waals surface area contributed by atoms with Crippen LogP contribution in [0.3, 0.4) is 0 Å². The van der Waals surface area contributed by atoms with Gasteiger partial charge in [-0.15, -0.1) is 0 Å². The fraction of sp³-hybridized carbons (Fsp3) is 0.400. The lowest BCUT2D eigenvalue weighted by Crippen LogP contribution is -2.29. The van der Waals surface area contributed by atoms with E-state index >= 15 is 0 Å². The second kappa shape index (κ2) is 6.64. The van der Waals surface area contributed by atoms with Gasteiger partial charge in [-0.1, -0.05) is 35.5 Å². The van der Waals surface area contributed by atoms with Gasteiger partial charge in [0, 0.05) is 31.7 Å². The molecular formula is C20H23N5O2. The van der Waals surface area contributed by atoms with E-state index in [-0.39, 0.29) is 17.7 Å². The maximum atomic E-state index is 13.3. The minimum atomic E-state index is -0.0187. The Balaban J connectivity index is 1.69. The van der Waals surface area contributed by atoms with Crippen LogP contribution in [-0.2, 0) is 7.05 Å². The van der Waals surface area contributed by atoms with Crippen molar-refractivity contribution in [2.75, 3.05) is 13.1 Å². The highest BCUT2D eigenvalue weighted by molar-refractivity contribution is 5.96. The SMILES string of the molecule is Cc1noc([C@@H]2CN(C(=O)c3c(C)nn(C)c3C)C[C@H]2c2ccccc2)n1. The van der Waals surface area contributed by atoms with Crippen molar-refractivity contribution in [3.05, 3.63) is 64.6 Å². The van der Waals surface area contributed by atoms with Crippen LogP contribution < -0.4 is 0 Å². The molecule has 1 aromatic carbocycles. The molecule has 27 heavy (non-hydrogen) atoms. The zero-order valence-corrected chi connectivity index (χ0v) is 16.0. The lowest BCUT2D eigenvalue weighted by molar-refractivity contribution is 0.0786. The average molecular weight is 365 g/mol. The van der Waals surface area contributed by atoms with Gasteiger partial charge in [-0.3, -0.25) is 9.48 Å². The van der Waals surface area contributed by atoms with Gasteiger partial charge in [-0.05, 0) is 26.3 Å². The summed E-state index contributed by atoms with van der Waals surface area (Å²) in [6.45, 7) is 6.78. The first kappa shape index (κ1) is 17.5. The van der Waals surface area contributed by atoms with Gasteiger partial charge in [0.1, 0.15) is 0 Å².